The zero-order valence-corrected chi connectivity index (χ0v) is 13.1. The number of nitrogens with two attached hydrogens (primary N) is 1. The van der Waals surface area contributed by atoms with Crippen LogP contribution in [0.4, 0.5) is 10.7 Å². The first-order valence-corrected chi connectivity index (χ1v) is 8.30. The Morgan fingerprint density at radius 3 is 2.45 bits per heavy atom. The van der Waals surface area contributed by atoms with Gasteiger partial charge in [-0.3, -0.25) is 4.79 Å². The third kappa shape index (κ3) is 2.51. The number of carbonyl (C=O) groups is 1. The number of hydrogen-bond donors (Lipinski definition) is 2. The third-order valence-corrected chi connectivity index (χ3v) is 5.40. The first kappa shape index (κ1) is 13.7. The fraction of sp³-hybridized carbons (Fsp3) is 0.667. The van der Waals surface area contributed by atoms with Crippen molar-refractivity contribution in [3.05, 3.63) is 10.4 Å². The van der Waals surface area contributed by atoms with E-state index in [0.717, 1.165) is 10.7 Å². The zero-order chi connectivity index (χ0) is 14.3. The largest absolute Gasteiger partial charge is 0.397 e. The van der Waals surface area contributed by atoms with E-state index in [-0.39, 0.29) is 5.91 Å². The molecule has 1 aromatic heterocycles. The first-order valence-electron chi connectivity index (χ1n) is 7.48. The van der Waals surface area contributed by atoms with Crippen molar-refractivity contribution in [3.63, 3.8) is 0 Å². The van der Waals surface area contributed by atoms with Crippen LogP contribution in [-0.2, 0) is 0 Å². The van der Waals surface area contributed by atoms with Crippen molar-refractivity contribution in [1.29, 1.82) is 0 Å². The molecule has 2 aliphatic rings. The van der Waals surface area contributed by atoms with E-state index in [1.165, 1.54) is 44.1 Å². The Kier molecular flexibility index (Phi) is 3.63. The fourth-order valence-corrected chi connectivity index (χ4v) is 4.26. The molecule has 110 valence electrons. The molecule has 0 unspecified atom stereocenters. The summed E-state index contributed by atoms with van der Waals surface area (Å²) in [6.07, 6.45) is 7.49. The first-order chi connectivity index (χ1) is 9.58. The van der Waals surface area contributed by atoms with Gasteiger partial charge in [-0.05, 0) is 31.6 Å². The SMILES string of the molecule is CN(C)C(=O)c1sc(NC2CCCC2)c(C2CC2)c1N. The summed E-state index contributed by atoms with van der Waals surface area (Å²) in [5, 5.41) is 4.81. The maximum atomic E-state index is 12.2. The molecule has 2 aliphatic carbocycles. The van der Waals surface area contributed by atoms with Crippen molar-refractivity contribution in [3.8, 4) is 0 Å². The Bertz CT molecular complexity index is 513. The normalized spacial score (nSPS) is 19.3. The van der Waals surface area contributed by atoms with Crippen LogP contribution in [0.3, 0.4) is 0 Å². The number of hydrogen-bond acceptors (Lipinski definition) is 4. The number of nitrogens with one attached hydrogen (secondary N) is 1. The highest BCUT2D eigenvalue weighted by molar-refractivity contribution is 7.18. The van der Waals surface area contributed by atoms with Crippen LogP contribution in [-0.4, -0.2) is 30.9 Å². The zero-order valence-electron chi connectivity index (χ0n) is 12.2. The monoisotopic (exact) mass is 293 g/mol. The predicted octanol–water partition coefficient (Wildman–Crippen LogP) is 3.26. The van der Waals surface area contributed by atoms with Crippen molar-refractivity contribution < 1.29 is 4.79 Å². The van der Waals surface area contributed by atoms with Gasteiger partial charge in [-0.1, -0.05) is 12.8 Å². The average molecular weight is 293 g/mol. The van der Waals surface area contributed by atoms with Gasteiger partial charge in [-0.25, -0.2) is 0 Å². The summed E-state index contributed by atoms with van der Waals surface area (Å²) in [5.41, 5.74) is 8.22. The summed E-state index contributed by atoms with van der Waals surface area (Å²) in [6, 6.07) is 0.563. The van der Waals surface area contributed by atoms with Crippen LogP contribution >= 0.6 is 11.3 Å². The summed E-state index contributed by atoms with van der Waals surface area (Å²) in [4.78, 5) is 14.6. The molecule has 3 rings (SSSR count). The van der Waals surface area contributed by atoms with Crippen LogP contribution in [0.1, 0.15) is 59.7 Å². The van der Waals surface area contributed by atoms with Gasteiger partial charge in [0, 0.05) is 25.7 Å². The third-order valence-electron chi connectivity index (χ3n) is 4.26. The van der Waals surface area contributed by atoms with Crippen molar-refractivity contribution in [1.82, 2.24) is 4.90 Å². The molecular weight excluding hydrogens is 270 g/mol. The van der Waals surface area contributed by atoms with Crippen LogP contribution in [0.15, 0.2) is 0 Å². The molecule has 0 aromatic carbocycles. The Morgan fingerprint density at radius 2 is 1.90 bits per heavy atom. The van der Waals surface area contributed by atoms with Gasteiger partial charge in [0.1, 0.15) is 4.88 Å². The molecule has 4 nitrogen and oxygen atoms in total. The minimum atomic E-state index is 0.0221. The molecule has 0 aliphatic heterocycles. The molecule has 2 saturated carbocycles. The van der Waals surface area contributed by atoms with E-state index >= 15 is 0 Å². The number of nitrogens with zero attached hydrogens (tertiary/aromatic N) is 1. The summed E-state index contributed by atoms with van der Waals surface area (Å²) in [5.74, 6) is 0.590. The fourth-order valence-electron chi connectivity index (χ4n) is 2.96. The highest BCUT2D eigenvalue weighted by Crippen LogP contribution is 2.51. The van der Waals surface area contributed by atoms with Crippen LogP contribution < -0.4 is 11.1 Å². The molecule has 0 bridgehead atoms. The number of rotatable bonds is 4. The van der Waals surface area contributed by atoms with Crippen molar-refractivity contribution in [2.75, 3.05) is 25.1 Å². The van der Waals surface area contributed by atoms with E-state index in [9.17, 15) is 4.79 Å². The van der Waals surface area contributed by atoms with E-state index < -0.39 is 0 Å². The topological polar surface area (TPSA) is 58.4 Å². The molecular formula is C15H23N3OS. The maximum Gasteiger partial charge on any atom is 0.265 e. The molecule has 1 amide bonds. The lowest BCUT2D eigenvalue weighted by Crippen LogP contribution is -2.21. The Labute approximate surface area is 124 Å². The average Bonchev–Trinajstić information content (AvgIpc) is 3.00. The minimum Gasteiger partial charge on any atom is -0.397 e. The van der Waals surface area contributed by atoms with Gasteiger partial charge in [0.2, 0.25) is 0 Å². The molecule has 0 atom stereocenters. The van der Waals surface area contributed by atoms with E-state index in [1.807, 2.05) is 0 Å². The Balaban J connectivity index is 1.91. The van der Waals surface area contributed by atoms with E-state index in [0.29, 0.717) is 16.8 Å². The highest BCUT2D eigenvalue weighted by Gasteiger charge is 2.34. The molecule has 1 aromatic rings. The molecule has 5 heteroatoms. The van der Waals surface area contributed by atoms with E-state index in [2.05, 4.69) is 5.32 Å². The van der Waals surface area contributed by atoms with Gasteiger partial charge < -0.3 is 16.0 Å². The van der Waals surface area contributed by atoms with Gasteiger partial charge in [-0.2, -0.15) is 0 Å². The smallest absolute Gasteiger partial charge is 0.265 e. The van der Waals surface area contributed by atoms with Crippen LogP contribution in [0, 0.1) is 0 Å². The van der Waals surface area contributed by atoms with Crippen molar-refractivity contribution in [2.45, 2.75) is 50.5 Å². The number of nitrogen functional groups attached to an aromatic ring is 1. The Hall–Kier alpha value is -1.23. The molecule has 3 N–H and O–H groups in total. The van der Waals surface area contributed by atoms with Gasteiger partial charge in [0.15, 0.2) is 0 Å². The summed E-state index contributed by atoms with van der Waals surface area (Å²) in [7, 11) is 3.56. The summed E-state index contributed by atoms with van der Waals surface area (Å²) < 4.78 is 0. The number of amides is 1. The van der Waals surface area contributed by atoms with Gasteiger partial charge in [0.05, 0.1) is 10.7 Å². The number of thiophene rings is 1. The molecule has 2 fully saturated rings. The molecule has 0 radical (unpaired) electrons. The molecule has 0 saturated heterocycles. The Morgan fingerprint density at radius 1 is 1.25 bits per heavy atom. The standard InChI is InChI=1S/C15H23N3OS/c1-18(2)15(19)13-12(16)11(9-7-8-9)14(20-13)17-10-5-3-4-6-10/h9-10,17H,3-8,16H2,1-2H3. The second-order valence-corrected chi connectivity index (χ2v) is 7.21. The number of carbonyl (C=O) groups excluding carboxylic acids is 1. The molecule has 1 heterocycles. The maximum absolute atomic E-state index is 12.2. The van der Waals surface area contributed by atoms with Crippen molar-refractivity contribution in [2.24, 2.45) is 0 Å². The number of anilines is 2. The molecule has 0 spiro atoms. The van der Waals surface area contributed by atoms with Gasteiger partial charge >= 0.3 is 0 Å². The second-order valence-electron chi connectivity index (χ2n) is 6.19. The minimum absolute atomic E-state index is 0.0221. The van der Waals surface area contributed by atoms with Gasteiger partial charge in [-0.15, -0.1) is 11.3 Å². The predicted molar refractivity (Wildman–Crippen MR) is 84.6 cm³/mol. The summed E-state index contributed by atoms with van der Waals surface area (Å²) in [6.45, 7) is 0. The van der Waals surface area contributed by atoms with Crippen LogP contribution in [0.2, 0.25) is 0 Å². The van der Waals surface area contributed by atoms with Crippen LogP contribution in [0.5, 0.6) is 0 Å². The van der Waals surface area contributed by atoms with Crippen molar-refractivity contribution >= 4 is 27.9 Å². The van der Waals surface area contributed by atoms with Gasteiger partial charge in [0.25, 0.3) is 5.91 Å². The molecule has 20 heavy (non-hydrogen) atoms. The lowest BCUT2D eigenvalue weighted by atomic mass is 10.1. The van der Waals surface area contributed by atoms with E-state index in [1.54, 1.807) is 30.3 Å². The highest BCUT2D eigenvalue weighted by atomic mass is 32.1. The van der Waals surface area contributed by atoms with E-state index in [4.69, 9.17) is 5.73 Å². The summed E-state index contributed by atoms with van der Waals surface area (Å²) >= 11 is 1.55. The van der Waals surface area contributed by atoms with Crippen LogP contribution in [0.25, 0.3) is 0 Å². The lowest BCUT2D eigenvalue weighted by Gasteiger charge is -2.13. The second kappa shape index (κ2) is 5.28. The lowest BCUT2D eigenvalue weighted by molar-refractivity contribution is 0.0833. The quantitative estimate of drug-likeness (QED) is 0.896.